The number of hydrogen-bond donors (Lipinski definition) is 3. The summed E-state index contributed by atoms with van der Waals surface area (Å²) in [5.74, 6) is 2.12. The first kappa shape index (κ1) is 38.8. The van der Waals surface area contributed by atoms with Crippen LogP contribution in [0.15, 0.2) is 41.2 Å². The van der Waals surface area contributed by atoms with Crippen molar-refractivity contribution < 1.29 is 38.1 Å². The van der Waals surface area contributed by atoms with Gasteiger partial charge in [-0.05, 0) is 83.8 Å². The first-order valence-corrected chi connectivity index (χ1v) is 17.8. The minimum atomic E-state index is -0.621. The summed E-state index contributed by atoms with van der Waals surface area (Å²) in [5.41, 5.74) is 5.26. The lowest BCUT2D eigenvalue weighted by Gasteiger charge is -2.36. The van der Waals surface area contributed by atoms with Gasteiger partial charge in [0.1, 0.15) is 6.04 Å². The van der Waals surface area contributed by atoms with Gasteiger partial charge in [-0.3, -0.25) is 19.2 Å². The number of likely N-dealkylation sites (N-methyl/N-ethyl adjacent to an activating group) is 1. The van der Waals surface area contributed by atoms with Gasteiger partial charge in [-0.25, -0.2) is 0 Å². The summed E-state index contributed by atoms with van der Waals surface area (Å²) in [6.45, 7) is 2.28. The molecule has 1 aliphatic carbocycles. The smallest absolute Gasteiger partial charge is 0.242 e. The molecule has 2 atom stereocenters. The molecule has 2 unspecified atom stereocenters. The lowest BCUT2D eigenvalue weighted by atomic mass is 9.92. The molecule has 3 amide bonds. The van der Waals surface area contributed by atoms with Crippen molar-refractivity contribution in [3.8, 4) is 39.9 Å². The van der Waals surface area contributed by atoms with Gasteiger partial charge in [-0.15, -0.1) is 0 Å². The van der Waals surface area contributed by atoms with Crippen molar-refractivity contribution in [3.05, 3.63) is 68.9 Å². The minimum Gasteiger partial charge on any atom is -0.493 e. The molecule has 0 saturated carbocycles. The van der Waals surface area contributed by atoms with Gasteiger partial charge in [0.15, 0.2) is 23.0 Å². The van der Waals surface area contributed by atoms with Gasteiger partial charge in [0, 0.05) is 45.5 Å². The van der Waals surface area contributed by atoms with E-state index in [0.29, 0.717) is 85.2 Å². The Kier molecular flexibility index (Phi) is 12.7. The number of carbonyl (C=O) groups is 3. The van der Waals surface area contributed by atoms with Crippen LogP contribution >= 0.6 is 0 Å². The van der Waals surface area contributed by atoms with E-state index in [1.807, 2.05) is 24.3 Å². The lowest BCUT2D eigenvalue weighted by Crippen LogP contribution is -2.51. The molecule has 0 spiro atoms. The Balaban J connectivity index is 1.28. The first-order valence-electron chi connectivity index (χ1n) is 17.8. The van der Waals surface area contributed by atoms with Crippen LogP contribution in [0.3, 0.4) is 0 Å². The molecule has 13 nitrogen and oxygen atoms in total. The minimum absolute atomic E-state index is 0.0934. The van der Waals surface area contributed by atoms with Crippen LogP contribution in [-0.4, -0.2) is 77.8 Å². The third-order valence-electron chi connectivity index (χ3n) is 10.0. The van der Waals surface area contributed by atoms with Crippen molar-refractivity contribution in [2.24, 2.45) is 0 Å². The Morgan fingerprint density at radius 3 is 2.13 bits per heavy atom. The molecule has 3 N–H and O–H groups in total. The number of carbonyl (C=O) groups excluding carboxylic acids is 3. The monoisotopic (exact) mass is 730 g/mol. The van der Waals surface area contributed by atoms with Gasteiger partial charge in [-0.1, -0.05) is 12.5 Å². The highest BCUT2D eigenvalue weighted by atomic mass is 16.5. The number of amides is 3. The van der Waals surface area contributed by atoms with Gasteiger partial charge in [0.2, 0.25) is 28.9 Å². The average molecular weight is 731 g/mol. The molecular weight excluding hydrogens is 680 g/mol. The van der Waals surface area contributed by atoms with E-state index in [9.17, 15) is 19.2 Å². The van der Waals surface area contributed by atoms with Crippen LogP contribution in [0.5, 0.6) is 28.7 Å². The molecule has 0 radical (unpaired) electrons. The number of ether oxygens (including phenoxy) is 5. The number of anilines is 1. The number of unbranched alkanes of at least 4 members (excludes halogenated alkanes) is 2. The van der Waals surface area contributed by atoms with E-state index in [1.54, 1.807) is 59.6 Å². The van der Waals surface area contributed by atoms with Crippen LogP contribution < -0.4 is 45.1 Å². The predicted octanol–water partition coefficient (Wildman–Crippen LogP) is 4.55. The van der Waals surface area contributed by atoms with E-state index in [-0.39, 0.29) is 29.6 Å². The number of rotatable bonds is 14. The third-order valence-corrected chi connectivity index (χ3v) is 10.0. The second kappa shape index (κ2) is 17.4. The molecule has 0 saturated heterocycles. The van der Waals surface area contributed by atoms with Crippen LogP contribution in [-0.2, 0) is 33.8 Å². The molecule has 284 valence electrons. The Hall–Kier alpha value is -5.46. The van der Waals surface area contributed by atoms with E-state index in [2.05, 4.69) is 16.0 Å². The Labute approximate surface area is 310 Å². The Morgan fingerprint density at radius 1 is 0.811 bits per heavy atom. The van der Waals surface area contributed by atoms with Gasteiger partial charge in [-0.2, -0.15) is 0 Å². The highest BCUT2D eigenvalue weighted by Crippen LogP contribution is 2.50. The first-order chi connectivity index (χ1) is 25.6. The van der Waals surface area contributed by atoms with Crippen LogP contribution in [0.25, 0.3) is 11.1 Å². The fraction of sp³-hybridized carbons (Fsp3) is 0.450. The fourth-order valence-corrected chi connectivity index (χ4v) is 7.37. The van der Waals surface area contributed by atoms with Crippen LogP contribution in [0, 0.1) is 0 Å². The molecule has 0 fully saturated rings. The molecule has 1 aliphatic heterocycles. The largest absolute Gasteiger partial charge is 0.493 e. The third kappa shape index (κ3) is 8.29. The number of benzene rings is 2. The van der Waals surface area contributed by atoms with Gasteiger partial charge in [0.05, 0.1) is 47.3 Å². The summed E-state index contributed by atoms with van der Waals surface area (Å²) < 4.78 is 28.1. The average Bonchev–Trinajstić information content (AvgIpc) is 3.41. The highest BCUT2D eigenvalue weighted by molar-refractivity contribution is 5.88. The maximum absolute atomic E-state index is 13.6. The van der Waals surface area contributed by atoms with Crippen LogP contribution in [0.1, 0.15) is 67.3 Å². The van der Waals surface area contributed by atoms with Crippen molar-refractivity contribution in [1.82, 2.24) is 15.5 Å². The molecule has 0 aromatic heterocycles. The second-order valence-corrected chi connectivity index (χ2v) is 13.2. The maximum atomic E-state index is 13.6. The molecule has 5 rings (SSSR count). The number of methoxy groups -OCH3 is 5. The number of hydrogen-bond acceptors (Lipinski definition) is 10. The summed E-state index contributed by atoms with van der Waals surface area (Å²) in [6.07, 6.45) is 3.92. The van der Waals surface area contributed by atoms with Crippen molar-refractivity contribution in [1.29, 1.82) is 0 Å². The zero-order valence-electron chi connectivity index (χ0n) is 31.6. The maximum Gasteiger partial charge on any atom is 0.242 e. The number of nitrogens with one attached hydrogen (secondary N) is 3. The molecule has 13 heteroatoms. The number of nitrogens with zero attached hydrogens (tertiary/aromatic N) is 1. The van der Waals surface area contributed by atoms with E-state index in [4.69, 9.17) is 23.7 Å². The van der Waals surface area contributed by atoms with Crippen molar-refractivity contribution in [2.45, 2.75) is 70.5 Å². The predicted molar refractivity (Wildman–Crippen MR) is 201 cm³/mol. The van der Waals surface area contributed by atoms with E-state index in [0.717, 1.165) is 34.2 Å². The van der Waals surface area contributed by atoms with Crippen molar-refractivity contribution in [2.75, 3.05) is 54.5 Å². The van der Waals surface area contributed by atoms with Gasteiger partial charge >= 0.3 is 0 Å². The molecule has 0 bridgehead atoms. The molecule has 3 aromatic rings. The van der Waals surface area contributed by atoms with Crippen molar-refractivity contribution in [3.63, 3.8) is 0 Å². The Morgan fingerprint density at radius 2 is 1.49 bits per heavy atom. The van der Waals surface area contributed by atoms with Gasteiger partial charge < -0.3 is 44.5 Å². The Bertz CT molecular complexity index is 1910. The topological polar surface area (TPSA) is 154 Å². The zero-order chi connectivity index (χ0) is 38.2. The molecule has 53 heavy (non-hydrogen) atoms. The SMILES string of the molecule is CNC(=O)C1Cc2cc(OC)c(OC)cc2CN1C(=O)CCCCCNc1ccc2c(cc1=O)C(NC(C)=O)CCc1cc(OC)c(OC)c(OC)c1-2. The molecule has 3 aromatic carbocycles. The normalized spacial score (nSPS) is 15.8. The lowest BCUT2D eigenvalue weighted by molar-refractivity contribution is -0.141. The number of aryl methyl sites for hydroxylation is 1. The molecular formula is C40H50N4O9. The zero-order valence-corrected chi connectivity index (χ0v) is 31.6. The van der Waals surface area contributed by atoms with Crippen LogP contribution in [0.2, 0.25) is 0 Å². The summed E-state index contributed by atoms with van der Waals surface area (Å²) in [4.78, 5) is 53.9. The van der Waals surface area contributed by atoms with Crippen molar-refractivity contribution >= 4 is 23.4 Å². The van der Waals surface area contributed by atoms with E-state index >= 15 is 0 Å². The fourth-order valence-electron chi connectivity index (χ4n) is 7.37. The van der Waals surface area contributed by atoms with Gasteiger partial charge in [0.25, 0.3) is 0 Å². The molecule has 2 aliphatic rings. The quantitative estimate of drug-likeness (QED) is 0.202. The number of fused-ring (bicyclic) bond motifs is 4. The van der Waals surface area contributed by atoms with E-state index in [1.165, 1.54) is 6.92 Å². The summed E-state index contributed by atoms with van der Waals surface area (Å²) >= 11 is 0. The summed E-state index contributed by atoms with van der Waals surface area (Å²) in [7, 11) is 9.39. The summed E-state index contributed by atoms with van der Waals surface area (Å²) in [6, 6.07) is 9.88. The molecule has 1 heterocycles. The van der Waals surface area contributed by atoms with E-state index < -0.39 is 12.1 Å². The second-order valence-electron chi connectivity index (χ2n) is 13.2. The summed E-state index contributed by atoms with van der Waals surface area (Å²) in [5, 5.41) is 9.02. The highest BCUT2D eigenvalue weighted by Gasteiger charge is 2.35. The standard InChI is InChI=1S/C40H50N4O9/c1-23(45)43-29-14-12-24-18-35(51-5)38(52-6)39(53-7)37(24)27-13-15-30(32(46)21-28(27)29)42-16-10-8-9-11-36(47)44-22-26-20-34(50-4)33(49-3)19-25(26)17-31(44)40(48)41-2/h13,15,18-21,29,31H,8-12,14,16-17,22H2,1-7H3,(H,41,48)(H,42,46)(H,43,45). The van der Waals surface area contributed by atoms with Crippen LogP contribution in [0.4, 0.5) is 5.69 Å².